The first kappa shape index (κ1) is 25.1. The van der Waals surface area contributed by atoms with E-state index in [1.807, 2.05) is 68.4 Å². The van der Waals surface area contributed by atoms with Crippen molar-refractivity contribution in [1.82, 2.24) is 20.2 Å². The summed E-state index contributed by atoms with van der Waals surface area (Å²) in [7, 11) is 0. The fourth-order valence-electron chi connectivity index (χ4n) is 4.34. The van der Waals surface area contributed by atoms with Gasteiger partial charge in [0.1, 0.15) is 12.6 Å². The number of para-hydroxylation sites is 1. The number of aryl methyl sites for hydroxylation is 2. The van der Waals surface area contributed by atoms with E-state index in [4.69, 9.17) is 4.74 Å². The van der Waals surface area contributed by atoms with Crippen molar-refractivity contribution in [3.05, 3.63) is 88.0 Å². The van der Waals surface area contributed by atoms with Gasteiger partial charge in [0.2, 0.25) is 11.8 Å². The smallest absolute Gasteiger partial charge is 0.294 e. The number of nitrogens with one attached hydrogen (secondary N) is 3. The number of anilines is 2. The lowest BCUT2D eigenvalue weighted by atomic mass is 10.1. The van der Waals surface area contributed by atoms with Crippen LogP contribution in [0.1, 0.15) is 49.4 Å². The minimum absolute atomic E-state index is 0.173. The van der Waals surface area contributed by atoms with Crippen LogP contribution in [0.4, 0.5) is 11.5 Å². The van der Waals surface area contributed by atoms with Gasteiger partial charge in [-0.2, -0.15) is 0 Å². The number of fused-ring (bicyclic) bond motifs is 1. The van der Waals surface area contributed by atoms with Crippen molar-refractivity contribution < 1.29 is 14.3 Å². The highest BCUT2D eigenvalue weighted by Gasteiger charge is 2.32. The second kappa shape index (κ2) is 11.6. The van der Waals surface area contributed by atoms with Crippen molar-refractivity contribution in [2.45, 2.75) is 45.4 Å². The van der Waals surface area contributed by atoms with E-state index in [2.05, 4.69) is 20.9 Å². The van der Waals surface area contributed by atoms with E-state index >= 15 is 0 Å². The molecule has 0 saturated carbocycles. The third-order valence-electron chi connectivity index (χ3n) is 6.14. The van der Waals surface area contributed by atoms with Crippen LogP contribution in [0, 0.1) is 0 Å². The van der Waals surface area contributed by atoms with Crippen molar-refractivity contribution in [3.8, 4) is 0 Å². The zero-order chi connectivity index (χ0) is 25.5. The van der Waals surface area contributed by atoms with Gasteiger partial charge in [0.15, 0.2) is 12.0 Å². The number of hydrogen-bond acceptors (Lipinski definition) is 6. The lowest BCUT2D eigenvalue weighted by Crippen LogP contribution is -2.40. The minimum Gasteiger partial charge on any atom is -0.354 e. The molecule has 0 aliphatic carbocycles. The average molecular weight is 490 g/mol. The lowest BCUT2D eigenvalue weighted by molar-refractivity contribution is -0.135. The first-order chi connectivity index (χ1) is 17.5. The number of carbonyl (C=O) groups is 2. The molecule has 2 aromatic carbocycles. The van der Waals surface area contributed by atoms with Crippen molar-refractivity contribution in [2.75, 3.05) is 18.5 Å². The molecule has 3 aromatic rings. The van der Waals surface area contributed by atoms with Crippen LogP contribution in [-0.4, -0.2) is 34.5 Å². The summed E-state index contributed by atoms with van der Waals surface area (Å²) in [6.07, 6.45) is 2.64. The molecule has 188 valence electrons. The monoisotopic (exact) mass is 489 g/mol. The molecule has 3 N–H and O–H groups in total. The maximum absolute atomic E-state index is 13.4. The predicted molar refractivity (Wildman–Crippen MR) is 137 cm³/mol. The van der Waals surface area contributed by atoms with Gasteiger partial charge in [0, 0.05) is 29.7 Å². The molecule has 0 spiro atoms. The molecule has 1 aliphatic rings. The minimum atomic E-state index is -0.836. The fourth-order valence-corrected chi connectivity index (χ4v) is 4.34. The predicted octanol–water partition coefficient (Wildman–Crippen LogP) is 3.00. The molecule has 0 saturated heterocycles. The van der Waals surface area contributed by atoms with Crippen molar-refractivity contribution in [2.24, 2.45) is 0 Å². The number of rotatable bonds is 10. The Balaban J connectivity index is 1.56. The van der Waals surface area contributed by atoms with Gasteiger partial charge in [-0.15, -0.1) is 0 Å². The highest BCUT2D eigenvalue weighted by atomic mass is 16.5. The molecule has 4 rings (SSSR count). The first-order valence-corrected chi connectivity index (χ1v) is 12.2. The Kier molecular flexibility index (Phi) is 8.12. The Labute approximate surface area is 209 Å². The number of carbonyl (C=O) groups excluding carboxylic acids is 2. The van der Waals surface area contributed by atoms with E-state index in [0.29, 0.717) is 30.6 Å². The van der Waals surface area contributed by atoms with E-state index in [9.17, 15) is 14.4 Å². The molecule has 2 amide bonds. The van der Waals surface area contributed by atoms with Crippen LogP contribution >= 0.6 is 0 Å². The summed E-state index contributed by atoms with van der Waals surface area (Å²) in [4.78, 5) is 43.1. The molecule has 2 heterocycles. The molecule has 1 aromatic heterocycles. The summed E-state index contributed by atoms with van der Waals surface area (Å²) in [6.45, 7) is 4.15. The molecule has 1 unspecified atom stereocenters. The second-order valence-electron chi connectivity index (χ2n) is 8.53. The fraction of sp³-hybridized carbons (Fsp3) is 0.333. The Hall–Kier alpha value is -3.98. The Morgan fingerprint density at radius 2 is 1.86 bits per heavy atom. The summed E-state index contributed by atoms with van der Waals surface area (Å²) >= 11 is 0. The van der Waals surface area contributed by atoms with Gasteiger partial charge in [-0.1, -0.05) is 55.5 Å². The van der Waals surface area contributed by atoms with Gasteiger partial charge in [-0.25, -0.2) is 4.98 Å². The maximum atomic E-state index is 13.4. The molecule has 9 nitrogen and oxygen atoms in total. The number of amides is 2. The van der Waals surface area contributed by atoms with Gasteiger partial charge in [-0.3, -0.25) is 19.0 Å². The number of hydrogen-bond donors (Lipinski definition) is 3. The summed E-state index contributed by atoms with van der Waals surface area (Å²) < 4.78 is 7.27. The van der Waals surface area contributed by atoms with Crippen molar-refractivity contribution in [1.29, 1.82) is 0 Å². The molecular formula is C27H31N5O4. The van der Waals surface area contributed by atoms with Gasteiger partial charge >= 0.3 is 0 Å². The molecule has 0 fully saturated rings. The Bertz CT molecular complexity index is 1270. The Morgan fingerprint density at radius 3 is 2.61 bits per heavy atom. The van der Waals surface area contributed by atoms with Crippen LogP contribution in [0.15, 0.2) is 65.6 Å². The van der Waals surface area contributed by atoms with E-state index in [1.165, 1.54) is 4.57 Å². The van der Waals surface area contributed by atoms with Crippen LogP contribution in [0.5, 0.6) is 0 Å². The number of nitrogens with zero attached hydrogens (tertiary/aromatic N) is 2. The van der Waals surface area contributed by atoms with E-state index < -0.39 is 12.3 Å². The summed E-state index contributed by atoms with van der Waals surface area (Å²) in [6, 6.07) is 16.2. The van der Waals surface area contributed by atoms with Crippen molar-refractivity contribution >= 4 is 23.3 Å². The van der Waals surface area contributed by atoms with Crippen LogP contribution in [0.25, 0.3) is 0 Å². The highest BCUT2D eigenvalue weighted by molar-refractivity contribution is 5.81. The quantitative estimate of drug-likeness (QED) is 0.377. The molecular weight excluding hydrogens is 458 g/mol. The maximum Gasteiger partial charge on any atom is 0.294 e. The first-order valence-electron chi connectivity index (χ1n) is 12.2. The third-order valence-corrected chi connectivity index (χ3v) is 6.14. The number of aromatic nitrogens is 2. The van der Waals surface area contributed by atoms with Crippen LogP contribution in [-0.2, 0) is 27.2 Å². The number of ether oxygens (including phenoxy) is 1. The third kappa shape index (κ3) is 5.63. The molecule has 0 radical (unpaired) electrons. The van der Waals surface area contributed by atoms with Crippen LogP contribution < -0.4 is 21.5 Å². The van der Waals surface area contributed by atoms with Crippen LogP contribution in [0.3, 0.4) is 0 Å². The zero-order valence-corrected chi connectivity index (χ0v) is 20.5. The van der Waals surface area contributed by atoms with Crippen LogP contribution in [0.2, 0.25) is 0 Å². The number of likely N-dealkylation sites (N-methyl/N-ethyl adjacent to an activating group) is 1. The van der Waals surface area contributed by atoms with Gasteiger partial charge < -0.3 is 20.7 Å². The van der Waals surface area contributed by atoms with Crippen molar-refractivity contribution in [3.63, 3.8) is 0 Å². The summed E-state index contributed by atoms with van der Waals surface area (Å²) in [5.74, 6) is -0.456. The molecule has 9 heteroatoms. The normalized spacial score (nSPS) is 15.1. The highest BCUT2D eigenvalue weighted by Crippen LogP contribution is 2.26. The van der Waals surface area contributed by atoms with E-state index in [-0.39, 0.29) is 29.8 Å². The molecule has 36 heavy (non-hydrogen) atoms. The average Bonchev–Trinajstić information content (AvgIpc) is 3.34. The molecule has 1 aliphatic heterocycles. The van der Waals surface area contributed by atoms with E-state index in [1.54, 1.807) is 6.20 Å². The summed E-state index contributed by atoms with van der Waals surface area (Å²) in [5, 5.41) is 8.71. The Morgan fingerprint density at radius 1 is 1.11 bits per heavy atom. The zero-order valence-electron chi connectivity index (χ0n) is 20.5. The largest absolute Gasteiger partial charge is 0.354 e. The van der Waals surface area contributed by atoms with Gasteiger partial charge in [-0.05, 0) is 37.8 Å². The van der Waals surface area contributed by atoms with Gasteiger partial charge in [0.25, 0.3) is 5.56 Å². The topological polar surface area (TPSA) is 114 Å². The number of benzene rings is 2. The standard InChI is InChI=1S/C27H31N5O4/c1-3-18-10-8-9-13-21(18)30-24-27(35)32-20(16-29-24)14-15-22(32)25(34)31-26(19-11-6-5-7-12-19)36-17-23(33)28-4-2/h5-13,16,22,26H,3-4,14-15,17H2,1-2H3,(H,28,33)(H,29,30)(H,31,34)/t22-,26?/m0/s1. The molecule has 0 bridgehead atoms. The summed E-state index contributed by atoms with van der Waals surface area (Å²) in [5.41, 5.74) is 2.93. The molecule has 2 atom stereocenters. The SMILES string of the molecule is CCNC(=O)COC(NC(=O)[C@@H]1CCc2cnc(Nc3ccccc3CC)c(=O)n21)c1ccccc1. The van der Waals surface area contributed by atoms with E-state index in [0.717, 1.165) is 17.7 Å². The lowest BCUT2D eigenvalue weighted by Gasteiger charge is -2.23. The van der Waals surface area contributed by atoms with Gasteiger partial charge in [0.05, 0.1) is 0 Å². The second-order valence-corrected chi connectivity index (χ2v) is 8.53.